The highest BCUT2D eigenvalue weighted by Gasteiger charge is 2.29. The molecule has 1 aliphatic heterocycles. The van der Waals surface area contributed by atoms with Gasteiger partial charge in [0, 0.05) is 18.3 Å². The molecule has 20 heavy (non-hydrogen) atoms. The third-order valence-electron chi connectivity index (χ3n) is 3.77. The molecular weight excluding hydrogens is 254 g/mol. The van der Waals surface area contributed by atoms with Crippen LogP contribution in [0.1, 0.15) is 33.1 Å². The van der Waals surface area contributed by atoms with Gasteiger partial charge in [-0.25, -0.2) is 0 Å². The fourth-order valence-electron chi connectivity index (χ4n) is 2.98. The monoisotopic (exact) mass is 277 g/mol. The maximum Gasteiger partial charge on any atom is 0.305 e. The van der Waals surface area contributed by atoms with E-state index in [0.717, 1.165) is 18.5 Å². The van der Waals surface area contributed by atoms with Gasteiger partial charge in [0.1, 0.15) is 0 Å². The van der Waals surface area contributed by atoms with E-state index in [1.54, 1.807) is 0 Å². The van der Waals surface area contributed by atoms with Crippen LogP contribution in [0.3, 0.4) is 0 Å². The van der Waals surface area contributed by atoms with Crippen LogP contribution in [-0.4, -0.2) is 35.9 Å². The highest BCUT2D eigenvalue weighted by molar-refractivity contribution is 5.67. The van der Waals surface area contributed by atoms with Crippen molar-refractivity contribution < 1.29 is 14.6 Å². The molecule has 1 saturated heterocycles. The van der Waals surface area contributed by atoms with Gasteiger partial charge in [-0.3, -0.25) is 4.79 Å². The Morgan fingerprint density at radius 1 is 1.25 bits per heavy atom. The van der Waals surface area contributed by atoms with Gasteiger partial charge in [0.15, 0.2) is 0 Å². The van der Waals surface area contributed by atoms with Gasteiger partial charge in [0.2, 0.25) is 0 Å². The molecule has 4 heteroatoms. The van der Waals surface area contributed by atoms with E-state index in [1.807, 2.05) is 30.3 Å². The fraction of sp³-hybridized carbons (Fsp3) is 0.562. The van der Waals surface area contributed by atoms with Crippen LogP contribution in [0.4, 0.5) is 5.69 Å². The molecule has 1 aromatic rings. The standard InChI is InChI=1S/C16H23NO3/c1-12-10-15(11-13(2)20-12)17(9-8-16(18)19)14-6-4-3-5-7-14/h3-7,12-13,15H,8-11H2,1-2H3,(H,18,19). The maximum atomic E-state index is 10.9. The molecule has 2 atom stereocenters. The number of carboxylic acid groups (broad SMARTS) is 1. The molecule has 0 radical (unpaired) electrons. The van der Waals surface area contributed by atoms with Crippen LogP contribution < -0.4 is 4.90 Å². The van der Waals surface area contributed by atoms with Crippen molar-refractivity contribution in [1.82, 2.24) is 0 Å². The van der Waals surface area contributed by atoms with Gasteiger partial charge in [-0.2, -0.15) is 0 Å². The van der Waals surface area contributed by atoms with Gasteiger partial charge in [0.25, 0.3) is 0 Å². The third-order valence-corrected chi connectivity index (χ3v) is 3.77. The summed E-state index contributed by atoms with van der Waals surface area (Å²) in [6.07, 6.45) is 2.49. The predicted molar refractivity (Wildman–Crippen MR) is 79.1 cm³/mol. The average Bonchev–Trinajstić information content (AvgIpc) is 2.38. The van der Waals surface area contributed by atoms with Gasteiger partial charge >= 0.3 is 5.97 Å². The van der Waals surface area contributed by atoms with Crippen molar-refractivity contribution in [3.05, 3.63) is 30.3 Å². The Morgan fingerprint density at radius 3 is 2.40 bits per heavy atom. The molecule has 2 rings (SSSR count). The molecule has 0 spiro atoms. The quantitative estimate of drug-likeness (QED) is 0.899. The molecular formula is C16H23NO3. The lowest BCUT2D eigenvalue weighted by Crippen LogP contribution is -2.45. The molecule has 1 heterocycles. The molecule has 110 valence electrons. The summed E-state index contributed by atoms with van der Waals surface area (Å²) in [6.45, 7) is 4.72. The number of carbonyl (C=O) groups is 1. The minimum atomic E-state index is -0.751. The van der Waals surface area contributed by atoms with E-state index < -0.39 is 5.97 Å². The van der Waals surface area contributed by atoms with Gasteiger partial charge in [-0.1, -0.05) is 18.2 Å². The number of para-hydroxylation sites is 1. The van der Waals surface area contributed by atoms with E-state index in [4.69, 9.17) is 9.84 Å². The first kappa shape index (κ1) is 14.9. The van der Waals surface area contributed by atoms with E-state index in [-0.39, 0.29) is 18.6 Å². The van der Waals surface area contributed by atoms with Gasteiger partial charge in [0.05, 0.1) is 18.6 Å². The van der Waals surface area contributed by atoms with Crippen molar-refractivity contribution in [3.8, 4) is 0 Å². The molecule has 1 N–H and O–H groups in total. The number of hydrogen-bond acceptors (Lipinski definition) is 3. The number of anilines is 1. The Labute approximate surface area is 120 Å². The predicted octanol–water partition coefficient (Wildman–Crippen LogP) is 2.92. The zero-order chi connectivity index (χ0) is 14.5. The largest absolute Gasteiger partial charge is 0.481 e. The van der Waals surface area contributed by atoms with Crippen LogP contribution >= 0.6 is 0 Å². The van der Waals surface area contributed by atoms with Crippen LogP contribution in [-0.2, 0) is 9.53 Å². The second-order valence-corrected chi connectivity index (χ2v) is 5.56. The van der Waals surface area contributed by atoms with Crippen LogP contribution in [0, 0.1) is 0 Å². The van der Waals surface area contributed by atoms with E-state index in [0.29, 0.717) is 12.6 Å². The summed E-state index contributed by atoms with van der Waals surface area (Å²) >= 11 is 0. The molecule has 0 bridgehead atoms. The lowest BCUT2D eigenvalue weighted by Gasteiger charge is -2.40. The van der Waals surface area contributed by atoms with Crippen LogP contribution in [0.15, 0.2) is 30.3 Å². The minimum Gasteiger partial charge on any atom is -0.481 e. The summed E-state index contributed by atoms with van der Waals surface area (Å²) in [5, 5.41) is 8.96. The normalized spacial score (nSPS) is 26.2. The molecule has 1 aromatic carbocycles. The van der Waals surface area contributed by atoms with Crippen molar-refractivity contribution in [1.29, 1.82) is 0 Å². The van der Waals surface area contributed by atoms with Gasteiger partial charge < -0.3 is 14.7 Å². The Morgan fingerprint density at radius 2 is 1.85 bits per heavy atom. The zero-order valence-corrected chi connectivity index (χ0v) is 12.2. The Hall–Kier alpha value is -1.55. The van der Waals surface area contributed by atoms with Gasteiger partial charge in [-0.05, 0) is 38.8 Å². The van der Waals surface area contributed by atoms with E-state index >= 15 is 0 Å². The van der Waals surface area contributed by atoms with Gasteiger partial charge in [-0.15, -0.1) is 0 Å². The van der Waals surface area contributed by atoms with Crippen LogP contribution in [0.5, 0.6) is 0 Å². The Balaban J connectivity index is 2.15. The first-order valence-electron chi connectivity index (χ1n) is 7.25. The smallest absolute Gasteiger partial charge is 0.305 e. The molecule has 0 amide bonds. The topological polar surface area (TPSA) is 49.8 Å². The molecule has 0 aromatic heterocycles. The number of rotatable bonds is 5. The van der Waals surface area contributed by atoms with Crippen molar-refractivity contribution in [2.45, 2.75) is 51.4 Å². The molecule has 0 saturated carbocycles. The summed E-state index contributed by atoms with van der Waals surface area (Å²) in [5.41, 5.74) is 1.10. The second-order valence-electron chi connectivity index (χ2n) is 5.56. The summed E-state index contributed by atoms with van der Waals surface area (Å²) < 4.78 is 5.79. The SMILES string of the molecule is CC1CC(N(CCC(=O)O)c2ccccc2)CC(C)O1. The zero-order valence-electron chi connectivity index (χ0n) is 12.2. The first-order valence-corrected chi connectivity index (χ1v) is 7.25. The fourth-order valence-corrected chi connectivity index (χ4v) is 2.98. The average molecular weight is 277 g/mol. The number of hydrogen-bond donors (Lipinski definition) is 1. The molecule has 1 fully saturated rings. The Kier molecular flexibility index (Phi) is 5.01. The highest BCUT2D eigenvalue weighted by atomic mass is 16.5. The summed E-state index contributed by atoms with van der Waals surface area (Å²) in [5.74, 6) is -0.751. The summed E-state index contributed by atoms with van der Waals surface area (Å²) in [6, 6.07) is 10.4. The number of carboxylic acids is 1. The minimum absolute atomic E-state index is 0.162. The molecule has 1 aliphatic rings. The molecule has 4 nitrogen and oxygen atoms in total. The van der Waals surface area contributed by atoms with Crippen molar-refractivity contribution in [3.63, 3.8) is 0 Å². The van der Waals surface area contributed by atoms with Crippen molar-refractivity contribution in [2.24, 2.45) is 0 Å². The first-order chi connectivity index (χ1) is 9.56. The molecule has 0 aliphatic carbocycles. The number of benzene rings is 1. The summed E-state index contributed by atoms with van der Waals surface area (Å²) in [4.78, 5) is 13.1. The lowest BCUT2D eigenvalue weighted by molar-refractivity contribution is -0.136. The summed E-state index contributed by atoms with van der Waals surface area (Å²) in [7, 11) is 0. The van der Waals surface area contributed by atoms with Crippen molar-refractivity contribution in [2.75, 3.05) is 11.4 Å². The van der Waals surface area contributed by atoms with E-state index in [1.165, 1.54) is 0 Å². The lowest BCUT2D eigenvalue weighted by atomic mass is 9.97. The van der Waals surface area contributed by atoms with Crippen molar-refractivity contribution >= 4 is 11.7 Å². The number of nitrogens with zero attached hydrogens (tertiary/aromatic N) is 1. The van der Waals surface area contributed by atoms with Crippen LogP contribution in [0.25, 0.3) is 0 Å². The highest BCUT2D eigenvalue weighted by Crippen LogP contribution is 2.28. The third kappa shape index (κ3) is 3.97. The second kappa shape index (κ2) is 6.75. The molecule has 2 unspecified atom stereocenters. The maximum absolute atomic E-state index is 10.9. The number of ether oxygens (including phenoxy) is 1. The van der Waals surface area contributed by atoms with E-state index in [2.05, 4.69) is 18.7 Å². The number of aliphatic carboxylic acids is 1. The van der Waals surface area contributed by atoms with Crippen LogP contribution in [0.2, 0.25) is 0 Å². The Bertz CT molecular complexity index is 425. The van der Waals surface area contributed by atoms with E-state index in [9.17, 15) is 4.79 Å².